The molecule has 1 aromatic rings. The van der Waals surface area contributed by atoms with Crippen molar-refractivity contribution < 1.29 is 17.5 Å². The number of piperazine rings is 1. The van der Waals surface area contributed by atoms with Crippen LogP contribution < -0.4 is 0 Å². The SMILES string of the molecule is O=S(=O)(N1CCOCC1)N1CCN(Cc2ccc(F)cc2Cl)CC1. The van der Waals surface area contributed by atoms with Crippen molar-refractivity contribution >= 4 is 21.8 Å². The van der Waals surface area contributed by atoms with E-state index in [0.29, 0.717) is 64.0 Å². The van der Waals surface area contributed by atoms with Crippen molar-refractivity contribution in [2.24, 2.45) is 0 Å². The average Bonchev–Trinajstić information content (AvgIpc) is 2.59. The second kappa shape index (κ2) is 7.63. The Hall–Kier alpha value is -0.770. The van der Waals surface area contributed by atoms with Crippen molar-refractivity contribution in [2.45, 2.75) is 6.54 Å². The smallest absolute Gasteiger partial charge is 0.282 e. The van der Waals surface area contributed by atoms with E-state index in [1.165, 1.54) is 20.7 Å². The molecule has 2 heterocycles. The van der Waals surface area contributed by atoms with E-state index in [-0.39, 0.29) is 5.82 Å². The largest absolute Gasteiger partial charge is 0.379 e. The van der Waals surface area contributed by atoms with E-state index in [1.54, 1.807) is 6.07 Å². The van der Waals surface area contributed by atoms with Crippen molar-refractivity contribution in [3.05, 3.63) is 34.6 Å². The van der Waals surface area contributed by atoms with E-state index in [1.807, 2.05) is 0 Å². The van der Waals surface area contributed by atoms with Crippen LogP contribution in [0.5, 0.6) is 0 Å². The maximum absolute atomic E-state index is 13.1. The van der Waals surface area contributed by atoms with Gasteiger partial charge in [-0.3, -0.25) is 4.90 Å². The first-order chi connectivity index (χ1) is 11.5. The fourth-order valence-corrected chi connectivity index (χ4v) is 4.74. The lowest BCUT2D eigenvalue weighted by Gasteiger charge is -2.37. The van der Waals surface area contributed by atoms with Gasteiger partial charge in [-0.05, 0) is 17.7 Å². The van der Waals surface area contributed by atoms with Gasteiger partial charge in [0.1, 0.15) is 5.82 Å². The normalized spacial score (nSPS) is 21.9. The molecule has 24 heavy (non-hydrogen) atoms. The molecule has 134 valence electrons. The van der Waals surface area contributed by atoms with Crippen LogP contribution in [0.4, 0.5) is 4.39 Å². The molecular formula is C15H21ClFN3O3S. The number of ether oxygens (including phenoxy) is 1. The molecule has 0 radical (unpaired) electrons. The number of halogens is 2. The van der Waals surface area contributed by atoms with Crippen LogP contribution in [-0.2, 0) is 21.5 Å². The average molecular weight is 378 g/mol. The number of nitrogens with zero attached hydrogens (tertiary/aromatic N) is 3. The third kappa shape index (κ3) is 4.07. The third-order valence-corrected chi connectivity index (χ3v) is 6.75. The predicted molar refractivity (Wildman–Crippen MR) is 89.6 cm³/mol. The van der Waals surface area contributed by atoms with Crippen LogP contribution in [0.2, 0.25) is 5.02 Å². The van der Waals surface area contributed by atoms with Crippen LogP contribution >= 0.6 is 11.6 Å². The van der Waals surface area contributed by atoms with Crippen LogP contribution in [0, 0.1) is 5.82 Å². The van der Waals surface area contributed by atoms with Crippen molar-refractivity contribution in [1.82, 2.24) is 13.5 Å². The Morgan fingerprint density at radius 2 is 1.67 bits per heavy atom. The number of rotatable bonds is 4. The Kier molecular flexibility index (Phi) is 5.74. The molecule has 0 amide bonds. The number of benzene rings is 1. The van der Waals surface area contributed by atoms with Gasteiger partial charge in [-0.2, -0.15) is 17.0 Å². The second-order valence-corrected chi connectivity index (χ2v) is 8.27. The van der Waals surface area contributed by atoms with Crippen molar-refractivity contribution in [3.8, 4) is 0 Å². The van der Waals surface area contributed by atoms with Crippen molar-refractivity contribution in [3.63, 3.8) is 0 Å². The quantitative estimate of drug-likeness (QED) is 0.790. The standard InChI is InChI=1S/C15H21ClFN3O3S/c16-15-11-14(17)2-1-13(15)12-18-3-5-19(6-4-18)24(21,22)20-7-9-23-10-8-20/h1-2,11H,3-10,12H2. The molecule has 0 aromatic heterocycles. The molecule has 0 atom stereocenters. The van der Waals surface area contributed by atoms with Crippen LogP contribution in [-0.4, -0.2) is 74.4 Å². The minimum absolute atomic E-state index is 0.356. The van der Waals surface area contributed by atoms with Crippen molar-refractivity contribution in [1.29, 1.82) is 0 Å². The Morgan fingerprint density at radius 1 is 1.04 bits per heavy atom. The Balaban J connectivity index is 1.57. The van der Waals surface area contributed by atoms with Crippen LogP contribution in [0.25, 0.3) is 0 Å². The monoisotopic (exact) mass is 377 g/mol. The van der Waals surface area contributed by atoms with Gasteiger partial charge in [0.15, 0.2) is 0 Å². The van der Waals surface area contributed by atoms with Gasteiger partial charge in [-0.1, -0.05) is 17.7 Å². The lowest BCUT2D eigenvalue weighted by atomic mass is 10.2. The first-order valence-electron chi connectivity index (χ1n) is 7.96. The summed E-state index contributed by atoms with van der Waals surface area (Å²) in [6.45, 7) is 4.43. The number of hydrogen-bond donors (Lipinski definition) is 0. The lowest BCUT2D eigenvalue weighted by Crippen LogP contribution is -2.54. The highest BCUT2D eigenvalue weighted by Gasteiger charge is 2.33. The maximum atomic E-state index is 13.1. The van der Waals surface area contributed by atoms with E-state index in [0.717, 1.165) is 5.56 Å². The summed E-state index contributed by atoms with van der Waals surface area (Å²) >= 11 is 6.06. The Bertz CT molecular complexity index is 675. The van der Waals surface area contributed by atoms with E-state index >= 15 is 0 Å². The molecule has 2 saturated heterocycles. The second-order valence-electron chi connectivity index (χ2n) is 5.93. The zero-order chi connectivity index (χ0) is 17.2. The molecule has 0 saturated carbocycles. The maximum Gasteiger partial charge on any atom is 0.282 e. The summed E-state index contributed by atoms with van der Waals surface area (Å²) in [5.41, 5.74) is 0.850. The van der Waals surface area contributed by atoms with E-state index in [2.05, 4.69) is 4.90 Å². The van der Waals surface area contributed by atoms with Gasteiger partial charge < -0.3 is 4.74 Å². The lowest BCUT2D eigenvalue weighted by molar-refractivity contribution is 0.0684. The van der Waals surface area contributed by atoms with Gasteiger partial charge in [0, 0.05) is 50.8 Å². The third-order valence-electron chi connectivity index (χ3n) is 4.36. The summed E-state index contributed by atoms with van der Waals surface area (Å²) in [5.74, 6) is -0.356. The van der Waals surface area contributed by atoms with Gasteiger partial charge in [-0.25, -0.2) is 4.39 Å². The topological polar surface area (TPSA) is 53.1 Å². The summed E-state index contributed by atoms with van der Waals surface area (Å²) < 4.78 is 46.6. The molecule has 2 fully saturated rings. The van der Waals surface area contributed by atoms with Gasteiger partial charge in [-0.15, -0.1) is 0 Å². The molecule has 2 aliphatic rings. The van der Waals surface area contributed by atoms with E-state index in [4.69, 9.17) is 16.3 Å². The number of hydrogen-bond acceptors (Lipinski definition) is 4. The fraction of sp³-hybridized carbons (Fsp3) is 0.600. The Morgan fingerprint density at radius 3 is 2.29 bits per heavy atom. The van der Waals surface area contributed by atoms with Gasteiger partial charge in [0.05, 0.1) is 13.2 Å². The first-order valence-corrected chi connectivity index (χ1v) is 9.73. The Labute approximate surface area is 146 Å². The first kappa shape index (κ1) is 18.0. The summed E-state index contributed by atoms with van der Waals surface area (Å²) in [7, 11) is -3.41. The molecule has 0 spiro atoms. The zero-order valence-corrected chi connectivity index (χ0v) is 14.9. The molecule has 3 rings (SSSR count). The fourth-order valence-electron chi connectivity index (χ4n) is 2.95. The zero-order valence-electron chi connectivity index (χ0n) is 13.3. The minimum atomic E-state index is -3.41. The molecular weight excluding hydrogens is 357 g/mol. The highest BCUT2D eigenvalue weighted by Crippen LogP contribution is 2.21. The molecule has 1 aromatic carbocycles. The summed E-state index contributed by atoms with van der Waals surface area (Å²) in [6, 6.07) is 4.37. The number of morpholine rings is 1. The highest BCUT2D eigenvalue weighted by molar-refractivity contribution is 7.86. The van der Waals surface area contributed by atoms with E-state index < -0.39 is 10.2 Å². The molecule has 2 aliphatic heterocycles. The molecule has 0 aliphatic carbocycles. The molecule has 6 nitrogen and oxygen atoms in total. The van der Waals surface area contributed by atoms with Crippen molar-refractivity contribution in [2.75, 3.05) is 52.5 Å². The predicted octanol–water partition coefficient (Wildman–Crippen LogP) is 1.17. The summed E-state index contributed by atoms with van der Waals surface area (Å²) in [4.78, 5) is 2.13. The minimum Gasteiger partial charge on any atom is -0.379 e. The molecule has 0 N–H and O–H groups in total. The molecule has 0 bridgehead atoms. The summed E-state index contributed by atoms with van der Waals surface area (Å²) in [5, 5.41) is 0.401. The van der Waals surface area contributed by atoms with Crippen LogP contribution in [0.3, 0.4) is 0 Å². The summed E-state index contributed by atoms with van der Waals surface area (Å²) in [6.07, 6.45) is 0. The van der Waals surface area contributed by atoms with E-state index in [9.17, 15) is 12.8 Å². The van der Waals surface area contributed by atoms with Gasteiger partial charge in [0.2, 0.25) is 0 Å². The van der Waals surface area contributed by atoms with Crippen LogP contribution in [0.15, 0.2) is 18.2 Å². The van der Waals surface area contributed by atoms with Crippen LogP contribution in [0.1, 0.15) is 5.56 Å². The molecule has 9 heteroatoms. The van der Waals surface area contributed by atoms with Gasteiger partial charge in [0.25, 0.3) is 10.2 Å². The molecule has 0 unspecified atom stereocenters. The highest BCUT2D eigenvalue weighted by atomic mass is 35.5. The van der Waals surface area contributed by atoms with Gasteiger partial charge >= 0.3 is 0 Å².